The lowest BCUT2D eigenvalue weighted by molar-refractivity contribution is 0.0743. The van der Waals surface area contributed by atoms with Crippen LogP contribution in [0.5, 0.6) is 0 Å². The normalized spacial score (nSPS) is 16.9. The largest absolute Gasteiger partial charge is 0.339 e. The number of benzene rings is 1. The highest BCUT2D eigenvalue weighted by Crippen LogP contribution is 2.26. The van der Waals surface area contributed by atoms with Crippen LogP contribution in [0.2, 0.25) is 0 Å². The standard InChI is InChI=1S/C16H18N4O3S/c1-19-7-8-20-14(16(19)21)10-15(17-20)18-24(22,23)13-6-5-11-3-2-4-12(11)9-13/h5-6,9-10H,2-4,7-8H2,1H3,(H,17,18). The van der Waals surface area contributed by atoms with Gasteiger partial charge in [-0.3, -0.25) is 14.2 Å². The van der Waals surface area contributed by atoms with Crippen molar-refractivity contribution in [1.82, 2.24) is 14.7 Å². The molecule has 24 heavy (non-hydrogen) atoms. The van der Waals surface area contributed by atoms with E-state index in [0.717, 1.165) is 24.8 Å². The third-order valence-corrected chi connectivity index (χ3v) is 5.96. The highest BCUT2D eigenvalue weighted by atomic mass is 32.2. The Balaban J connectivity index is 1.63. The summed E-state index contributed by atoms with van der Waals surface area (Å²) in [5, 5.41) is 4.20. The van der Waals surface area contributed by atoms with Crippen LogP contribution in [-0.4, -0.2) is 42.6 Å². The maximum absolute atomic E-state index is 12.6. The quantitative estimate of drug-likeness (QED) is 0.907. The van der Waals surface area contributed by atoms with E-state index in [9.17, 15) is 13.2 Å². The second-order valence-corrected chi connectivity index (χ2v) is 7.94. The third kappa shape index (κ3) is 2.47. The van der Waals surface area contributed by atoms with Crippen LogP contribution in [-0.2, 0) is 29.4 Å². The average Bonchev–Trinajstić information content (AvgIpc) is 3.16. The van der Waals surface area contributed by atoms with E-state index in [-0.39, 0.29) is 16.6 Å². The molecule has 4 rings (SSSR count). The summed E-state index contributed by atoms with van der Waals surface area (Å²) >= 11 is 0. The molecule has 1 N–H and O–H groups in total. The van der Waals surface area contributed by atoms with Crippen molar-refractivity contribution in [1.29, 1.82) is 0 Å². The number of amides is 1. The van der Waals surface area contributed by atoms with Crippen LogP contribution in [0.15, 0.2) is 29.2 Å². The predicted molar refractivity (Wildman–Crippen MR) is 88.5 cm³/mol. The molecule has 0 radical (unpaired) electrons. The van der Waals surface area contributed by atoms with Crippen LogP contribution in [0, 0.1) is 0 Å². The second-order valence-electron chi connectivity index (χ2n) is 6.25. The second kappa shape index (κ2) is 5.34. The summed E-state index contributed by atoms with van der Waals surface area (Å²) in [5.74, 6) is 0.0193. The molecule has 7 nitrogen and oxygen atoms in total. The van der Waals surface area contributed by atoms with Crippen LogP contribution in [0.3, 0.4) is 0 Å². The Hall–Kier alpha value is -2.35. The van der Waals surface area contributed by atoms with E-state index in [2.05, 4.69) is 9.82 Å². The molecule has 2 aromatic rings. The maximum Gasteiger partial charge on any atom is 0.272 e. The van der Waals surface area contributed by atoms with Crippen LogP contribution in [0.1, 0.15) is 28.0 Å². The molecule has 0 fully saturated rings. The van der Waals surface area contributed by atoms with Gasteiger partial charge in [0.1, 0.15) is 5.69 Å². The molecule has 0 atom stereocenters. The molecule has 1 aromatic heterocycles. The summed E-state index contributed by atoms with van der Waals surface area (Å²) in [6.45, 7) is 1.11. The number of fused-ring (bicyclic) bond motifs is 2. The Morgan fingerprint density at radius 3 is 2.75 bits per heavy atom. The van der Waals surface area contributed by atoms with Gasteiger partial charge in [-0.15, -0.1) is 0 Å². The van der Waals surface area contributed by atoms with E-state index in [4.69, 9.17) is 0 Å². The molecule has 2 aliphatic rings. The fourth-order valence-corrected chi connectivity index (χ4v) is 4.30. The zero-order chi connectivity index (χ0) is 16.9. The lowest BCUT2D eigenvalue weighted by Gasteiger charge is -2.22. The van der Waals surface area contributed by atoms with Gasteiger partial charge in [-0.25, -0.2) is 8.42 Å². The van der Waals surface area contributed by atoms with Crippen molar-refractivity contribution in [2.45, 2.75) is 30.7 Å². The fraction of sp³-hybridized carbons (Fsp3) is 0.375. The van der Waals surface area contributed by atoms with E-state index >= 15 is 0 Å². The molecule has 0 unspecified atom stereocenters. The van der Waals surface area contributed by atoms with Gasteiger partial charge in [-0.05, 0) is 42.5 Å². The number of nitrogens with zero attached hydrogens (tertiary/aromatic N) is 3. The fourth-order valence-electron chi connectivity index (χ4n) is 3.26. The highest BCUT2D eigenvalue weighted by Gasteiger charge is 2.26. The average molecular weight is 346 g/mol. The smallest absolute Gasteiger partial charge is 0.272 e. The molecule has 0 bridgehead atoms. The Morgan fingerprint density at radius 2 is 1.92 bits per heavy atom. The van der Waals surface area contributed by atoms with Crippen molar-refractivity contribution in [2.24, 2.45) is 0 Å². The number of carbonyl (C=O) groups excluding carboxylic acids is 1. The first-order valence-electron chi connectivity index (χ1n) is 7.92. The van der Waals surface area contributed by atoms with E-state index in [1.807, 2.05) is 6.07 Å². The van der Waals surface area contributed by atoms with E-state index in [1.54, 1.807) is 28.8 Å². The van der Waals surface area contributed by atoms with Gasteiger partial charge in [-0.1, -0.05) is 6.07 Å². The van der Waals surface area contributed by atoms with Crippen LogP contribution in [0.4, 0.5) is 5.82 Å². The van der Waals surface area contributed by atoms with Gasteiger partial charge in [0.15, 0.2) is 5.82 Å². The van der Waals surface area contributed by atoms with Gasteiger partial charge in [-0.2, -0.15) is 5.10 Å². The van der Waals surface area contributed by atoms with Crippen molar-refractivity contribution in [3.8, 4) is 0 Å². The maximum atomic E-state index is 12.6. The minimum atomic E-state index is -3.72. The van der Waals surface area contributed by atoms with E-state index < -0.39 is 10.0 Å². The molecule has 0 saturated carbocycles. The monoisotopic (exact) mass is 346 g/mol. The summed E-state index contributed by atoms with van der Waals surface area (Å²) in [4.78, 5) is 13.9. The van der Waals surface area contributed by atoms with Gasteiger partial charge >= 0.3 is 0 Å². The minimum absolute atomic E-state index is 0.156. The number of sulfonamides is 1. The van der Waals surface area contributed by atoms with Crippen LogP contribution < -0.4 is 4.72 Å². The Kier molecular flexibility index (Phi) is 3.38. The van der Waals surface area contributed by atoms with Crippen molar-refractivity contribution in [2.75, 3.05) is 18.3 Å². The van der Waals surface area contributed by atoms with Crippen molar-refractivity contribution in [3.05, 3.63) is 41.1 Å². The first kappa shape index (κ1) is 15.2. The molecule has 1 aliphatic heterocycles. The molecule has 0 saturated heterocycles. The molecule has 0 spiro atoms. The molecular weight excluding hydrogens is 328 g/mol. The molecular formula is C16H18N4O3S. The summed E-state index contributed by atoms with van der Waals surface area (Å²) in [6, 6.07) is 6.73. The number of likely N-dealkylation sites (N-methyl/N-ethyl adjacent to an activating group) is 1. The predicted octanol–water partition coefficient (Wildman–Crippen LogP) is 1.26. The van der Waals surface area contributed by atoms with E-state index in [1.165, 1.54) is 11.6 Å². The Bertz CT molecular complexity index is 933. The number of nitrogens with one attached hydrogen (secondary N) is 1. The number of rotatable bonds is 3. The van der Waals surface area contributed by atoms with Gasteiger partial charge < -0.3 is 4.90 Å². The van der Waals surface area contributed by atoms with Gasteiger partial charge in [0.05, 0.1) is 11.4 Å². The summed E-state index contributed by atoms with van der Waals surface area (Å²) in [6.07, 6.45) is 2.99. The molecule has 2 heterocycles. The van der Waals surface area contributed by atoms with E-state index in [0.29, 0.717) is 18.8 Å². The van der Waals surface area contributed by atoms with Crippen LogP contribution in [0.25, 0.3) is 0 Å². The number of carbonyl (C=O) groups is 1. The Labute approximate surface area is 140 Å². The van der Waals surface area contributed by atoms with Gasteiger partial charge in [0.2, 0.25) is 0 Å². The Morgan fingerprint density at radius 1 is 1.12 bits per heavy atom. The van der Waals surface area contributed by atoms with Gasteiger partial charge in [0, 0.05) is 19.7 Å². The number of aromatic nitrogens is 2. The molecule has 1 aliphatic carbocycles. The zero-order valence-electron chi connectivity index (χ0n) is 13.3. The topological polar surface area (TPSA) is 84.3 Å². The lowest BCUT2D eigenvalue weighted by atomic mass is 10.1. The summed E-state index contributed by atoms with van der Waals surface area (Å²) in [7, 11) is -2.00. The number of aryl methyl sites for hydroxylation is 2. The zero-order valence-corrected chi connectivity index (χ0v) is 14.1. The third-order valence-electron chi connectivity index (χ3n) is 4.61. The minimum Gasteiger partial charge on any atom is -0.339 e. The SMILES string of the molecule is CN1CCn2nc(NS(=O)(=O)c3ccc4c(c3)CCC4)cc2C1=O. The van der Waals surface area contributed by atoms with Crippen molar-refractivity contribution in [3.63, 3.8) is 0 Å². The number of anilines is 1. The summed E-state index contributed by atoms with van der Waals surface area (Å²) in [5.41, 5.74) is 2.72. The molecule has 8 heteroatoms. The number of hydrogen-bond acceptors (Lipinski definition) is 4. The van der Waals surface area contributed by atoms with Crippen molar-refractivity contribution < 1.29 is 13.2 Å². The first-order valence-corrected chi connectivity index (χ1v) is 9.40. The van der Waals surface area contributed by atoms with Gasteiger partial charge in [0.25, 0.3) is 15.9 Å². The van der Waals surface area contributed by atoms with Crippen molar-refractivity contribution >= 4 is 21.7 Å². The lowest BCUT2D eigenvalue weighted by Crippen LogP contribution is -2.37. The molecule has 1 aromatic carbocycles. The van der Waals surface area contributed by atoms with Crippen LogP contribution >= 0.6 is 0 Å². The molecule has 1 amide bonds. The molecule has 126 valence electrons. The number of hydrogen-bond donors (Lipinski definition) is 1. The highest BCUT2D eigenvalue weighted by molar-refractivity contribution is 7.92. The first-order chi connectivity index (χ1) is 11.4. The summed E-state index contributed by atoms with van der Waals surface area (Å²) < 4.78 is 29.2.